The average Bonchev–Trinajstić information content (AvgIpc) is 2.41. The zero-order valence-electron chi connectivity index (χ0n) is 11.6. The number of halogens is 2. The Balaban J connectivity index is 1.81. The Labute approximate surface area is 137 Å². The molecule has 0 aliphatic rings. The van der Waals surface area contributed by atoms with Gasteiger partial charge in [-0.15, -0.1) is 0 Å². The molecule has 21 heavy (non-hydrogen) atoms. The van der Waals surface area contributed by atoms with Crippen LogP contribution in [0.3, 0.4) is 0 Å². The second-order valence-corrected chi connectivity index (χ2v) is 6.01. The molecule has 0 radical (unpaired) electrons. The molecule has 2 N–H and O–H groups in total. The van der Waals surface area contributed by atoms with Crippen molar-refractivity contribution < 1.29 is 4.79 Å². The largest absolute Gasteiger partial charge is 0.384 e. The molecule has 0 spiro atoms. The Morgan fingerprint density at radius 1 is 1.24 bits per heavy atom. The molecule has 2 aromatic rings. The van der Waals surface area contributed by atoms with Crippen LogP contribution in [0.2, 0.25) is 5.02 Å². The van der Waals surface area contributed by atoms with Gasteiger partial charge in [0.1, 0.15) is 0 Å². The highest BCUT2D eigenvalue weighted by atomic mass is 79.9. The van der Waals surface area contributed by atoms with Crippen molar-refractivity contribution in [3.05, 3.63) is 57.5 Å². The lowest BCUT2D eigenvalue weighted by Gasteiger charge is -2.10. The second-order valence-electron chi connectivity index (χ2n) is 4.72. The summed E-state index contributed by atoms with van der Waals surface area (Å²) in [5.41, 5.74) is 2.88. The van der Waals surface area contributed by atoms with Gasteiger partial charge < -0.3 is 10.6 Å². The molecular formula is C16H16BrClN2O. The van der Waals surface area contributed by atoms with Crippen LogP contribution in [0.25, 0.3) is 0 Å². The van der Waals surface area contributed by atoms with E-state index in [1.165, 1.54) is 5.56 Å². The van der Waals surface area contributed by atoms with E-state index in [2.05, 4.69) is 26.6 Å². The summed E-state index contributed by atoms with van der Waals surface area (Å²) < 4.78 is 0.998. The van der Waals surface area contributed by atoms with Crippen LogP contribution in [0.5, 0.6) is 0 Å². The number of hydrogen-bond donors (Lipinski definition) is 2. The van der Waals surface area contributed by atoms with E-state index in [0.717, 1.165) is 10.2 Å². The molecule has 5 heteroatoms. The summed E-state index contributed by atoms with van der Waals surface area (Å²) in [5.74, 6) is -0.0481. The van der Waals surface area contributed by atoms with Gasteiger partial charge in [0.15, 0.2) is 0 Å². The zero-order chi connectivity index (χ0) is 15.2. The third-order valence-electron chi connectivity index (χ3n) is 2.90. The Hall–Kier alpha value is -1.52. The number of carbonyl (C=O) groups excluding carboxylic acids is 1. The fourth-order valence-electron chi connectivity index (χ4n) is 1.86. The predicted octanol–water partition coefficient (Wildman–Crippen LogP) is 4.85. The van der Waals surface area contributed by atoms with Gasteiger partial charge in [-0.25, -0.2) is 0 Å². The van der Waals surface area contributed by atoms with Crippen LogP contribution in [0, 0.1) is 6.92 Å². The highest BCUT2D eigenvalue weighted by Gasteiger charge is 2.04. The van der Waals surface area contributed by atoms with E-state index in [0.29, 0.717) is 23.7 Å². The summed E-state index contributed by atoms with van der Waals surface area (Å²) >= 11 is 9.37. The van der Waals surface area contributed by atoms with E-state index in [1.807, 2.05) is 31.2 Å². The van der Waals surface area contributed by atoms with Crippen LogP contribution in [-0.4, -0.2) is 12.5 Å². The third-order valence-corrected chi connectivity index (χ3v) is 3.79. The minimum atomic E-state index is -0.0481. The second kappa shape index (κ2) is 7.48. The lowest BCUT2D eigenvalue weighted by Crippen LogP contribution is -2.16. The lowest BCUT2D eigenvalue weighted by molar-refractivity contribution is -0.115. The molecule has 0 saturated heterocycles. The number of carbonyl (C=O) groups is 1. The zero-order valence-corrected chi connectivity index (χ0v) is 14.0. The summed E-state index contributed by atoms with van der Waals surface area (Å²) in [6.07, 6.45) is 0.382. The van der Waals surface area contributed by atoms with Gasteiger partial charge in [0.25, 0.3) is 0 Å². The molecule has 0 unspecified atom stereocenters. The topological polar surface area (TPSA) is 41.1 Å². The highest BCUT2D eigenvalue weighted by Crippen LogP contribution is 2.23. The molecule has 110 valence electrons. The normalized spacial score (nSPS) is 10.2. The van der Waals surface area contributed by atoms with E-state index >= 15 is 0 Å². The fourth-order valence-corrected chi connectivity index (χ4v) is 2.69. The quantitative estimate of drug-likeness (QED) is 0.793. The van der Waals surface area contributed by atoms with Crippen molar-refractivity contribution in [3.63, 3.8) is 0 Å². The Bertz CT molecular complexity index is 646. The van der Waals surface area contributed by atoms with Crippen molar-refractivity contribution in [2.75, 3.05) is 17.2 Å². The minimum absolute atomic E-state index is 0.0481. The van der Waals surface area contributed by atoms with Gasteiger partial charge in [-0.2, -0.15) is 0 Å². The number of rotatable bonds is 5. The van der Waals surface area contributed by atoms with Crippen LogP contribution >= 0.6 is 27.5 Å². The van der Waals surface area contributed by atoms with Gasteiger partial charge >= 0.3 is 0 Å². The van der Waals surface area contributed by atoms with Crippen LogP contribution < -0.4 is 10.6 Å². The first-order valence-electron chi connectivity index (χ1n) is 6.60. The van der Waals surface area contributed by atoms with Gasteiger partial charge in [-0.3, -0.25) is 4.79 Å². The molecule has 2 aromatic carbocycles. The predicted molar refractivity (Wildman–Crippen MR) is 92.1 cm³/mol. The van der Waals surface area contributed by atoms with Crippen molar-refractivity contribution in [2.24, 2.45) is 0 Å². The summed E-state index contributed by atoms with van der Waals surface area (Å²) in [6, 6.07) is 13.2. The van der Waals surface area contributed by atoms with E-state index in [1.54, 1.807) is 18.2 Å². The molecule has 1 amide bonds. The molecule has 3 nitrogen and oxygen atoms in total. The fraction of sp³-hybridized carbons (Fsp3) is 0.188. The molecular weight excluding hydrogens is 352 g/mol. The Morgan fingerprint density at radius 3 is 2.76 bits per heavy atom. The van der Waals surface area contributed by atoms with Crippen molar-refractivity contribution in [3.8, 4) is 0 Å². The Morgan fingerprint density at radius 2 is 2.05 bits per heavy atom. The molecule has 0 aliphatic heterocycles. The van der Waals surface area contributed by atoms with Gasteiger partial charge in [-0.05, 0) is 58.7 Å². The van der Waals surface area contributed by atoms with Gasteiger partial charge in [0.05, 0.1) is 0 Å². The van der Waals surface area contributed by atoms with E-state index in [9.17, 15) is 4.79 Å². The summed E-state index contributed by atoms with van der Waals surface area (Å²) in [6.45, 7) is 2.60. The van der Waals surface area contributed by atoms with Crippen molar-refractivity contribution in [1.82, 2.24) is 0 Å². The summed E-state index contributed by atoms with van der Waals surface area (Å²) in [4.78, 5) is 11.8. The molecule has 0 aromatic heterocycles. The lowest BCUT2D eigenvalue weighted by atomic mass is 10.2. The number of amides is 1. The maximum absolute atomic E-state index is 11.8. The van der Waals surface area contributed by atoms with Crippen molar-refractivity contribution >= 4 is 44.8 Å². The SMILES string of the molecule is Cc1ccc(NCCC(=O)Nc2cccc(Cl)c2)c(Br)c1. The number of hydrogen-bond acceptors (Lipinski definition) is 2. The minimum Gasteiger partial charge on any atom is -0.384 e. The van der Waals surface area contributed by atoms with E-state index in [4.69, 9.17) is 11.6 Å². The van der Waals surface area contributed by atoms with Crippen LogP contribution in [0.15, 0.2) is 46.9 Å². The van der Waals surface area contributed by atoms with E-state index in [-0.39, 0.29) is 5.91 Å². The number of nitrogens with one attached hydrogen (secondary N) is 2. The van der Waals surface area contributed by atoms with Gasteiger partial charge in [0, 0.05) is 33.8 Å². The first-order valence-corrected chi connectivity index (χ1v) is 7.77. The van der Waals surface area contributed by atoms with Crippen LogP contribution in [-0.2, 0) is 4.79 Å². The van der Waals surface area contributed by atoms with Crippen molar-refractivity contribution in [1.29, 1.82) is 0 Å². The van der Waals surface area contributed by atoms with Crippen molar-refractivity contribution in [2.45, 2.75) is 13.3 Å². The molecule has 0 atom stereocenters. The molecule has 0 heterocycles. The molecule has 0 aliphatic carbocycles. The highest BCUT2D eigenvalue weighted by molar-refractivity contribution is 9.10. The first kappa shape index (κ1) is 15.9. The first-order chi connectivity index (χ1) is 10.0. The number of benzene rings is 2. The molecule has 2 rings (SSSR count). The van der Waals surface area contributed by atoms with Crippen LogP contribution in [0.1, 0.15) is 12.0 Å². The third kappa shape index (κ3) is 5.06. The molecule has 0 saturated carbocycles. The van der Waals surface area contributed by atoms with Gasteiger partial charge in [0.2, 0.25) is 5.91 Å². The molecule has 0 bridgehead atoms. The maximum atomic E-state index is 11.8. The van der Waals surface area contributed by atoms with Gasteiger partial charge in [-0.1, -0.05) is 23.7 Å². The monoisotopic (exact) mass is 366 g/mol. The van der Waals surface area contributed by atoms with Crippen LogP contribution in [0.4, 0.5) is 11.4 Å². The number of anilines is 2. The number of aryl methyl sites for hydroxylation is 1. The molecule has 0 fully saturated rings. The Kier molecular flexibility index (Phi) is 5.65. The average molecular weight is 368 g/mol. The summed E-state index contributed by atoms with van der Waals surface area (Å²) in [7, 11) is 0. The maximum Gasteiger partial charge on any atom is 0.226 e. The summed E-state index contributed by atoms with van der Waals surface area (Å²) in [5, 5.41) is 6.66. The standard InChI is InChI=1S/C16H16BrClN2O/c1-11-5-6-15(14(17)9-11)19-8-7-16(21)20-13-4-2-3-12(18)10-13/h2-6,9-10,19H,7-8H2,1H3,(H,20,21). The van der Waals surface area contributed by atoms with E-state index < -0.39 is 0 Å². The smallest absolute Gasteiger partial charge is 0.226 e.